The summed E-state index contributed by atoms with van der Waals surface area (Å²) < 4.78 is 0. The lowest BCUT2D eigenvalue weighted by atomic mass is 9.87. The van der Waals surface area contributed by atoms with Crippen LogP contribution in [0.5, 0.6) is 0 Å². The standard InChI is InChI=1S/C16H29N3S/c1-6-17-16(15-18-13(4)14(5)20-15)7-9-19(10-8-16)11-12(2)3/h12,17H,6-11H2,1-5H3. The molecule has 1 saturated heterocycles. The zero-order valence-corrected chi connectivity index (χ0v) is 14.4. The van der Waals surface area contributed by atoms with Gasteiger partial charge in [0.05, 0.1) is 11.2 Å². The van der Waals surface area contributed by atoms with E-state index in [1.54, 1.807) is 0 Å². The van der Waals surface area contributed by atoms with Gasteiger partial charge in [-0.3, -0.25) is 0 Å². The number of piperidine rings is 1. The summed E-state index contributed by atoms with van der Waals surface area (Å²) in [4.78, 5) is 8.82. The van der Waals surface area contributed by atoms with Crippen molar-refractivity contribution >= 4 is 11.3 Å². The Kier molecular flexibility index (Phi) is 5.21. The highest BCUT2D eigenvalue weighted by molar-refractivity contribution is 7.11. The van der Waals surface area contributed by atoms with Crippen LogP contribution in [0.2, 0.25) is 0 Å². The Morgan fingerprint density at radius 2 is 1.95 bits per heavy atom. The summed E-state index contributed by atoms with van der Waals surface area (Å²) in [6.07, 6.45) is 2.36. The van der Waals surface area contributed by atoms with E-state index < -0.39 is 0 Å². The van der Waals surface area contributed by atoms with Crippen LogP contribution >= 0.6 is 11.3 Å². The number of thiazole rings is 1. The second kappa shape index (κ2) is 6.54. The molecule has 1 aromatic heterocycles. The van der Waals surface area contributed by atoms with Crippen molar-refractivity contribution in [2.75, 3.05) is 26.2 Å². The van der Waals surface area contributed by atoms with Gasteiger partial charge in [-0.1, -0.05) is 20.8 Å². The average molecular weight is 295 g/mol. The number of nitrogens with one attached hydrogen (secondary N) is 1. The molecule has 4 heteroatoms. The second-order valence-electron chi connectivity index (χ2n) is 6.47. The largest absolute Gasteiger partial charge is 0.306 e. The van der Waals surface area contributed by atoms with E-state index in [1.807, 2.05) is 11.3 Å². The summed E-state index contributed by atoms with van der Waals surface area (Å²) in [5.74, 6) is 0.756. The monoisotopic (exact) mass is 295 g/mol. The number of hydrogen-bond donors (Lipinski definition) is 1. The fourth-order valence-corrected chi connectivity index (χ4v) is 4.25. The van der Waals surface area contributed by atoms with Gasteiger partial charge in [-0.25, -0.2) is 4.98 Å². The van der Waals surface area contributed by atoms with Crippen molar-refractivity contribution in [1.29, 1.82) is 0 Å². The first kappa shape index (κ1) is 15.9. The van der Waals surface area contributed by atoms with Gasteiger partial charge in [0, 0.05) is 24.5 Å². The minimum Gasteiger partial charge on any atom is -0.306 e. The fraction of sp³-hybridized carbons (Fsp3) is 0.812. The molecule has 1 aromatic rings. The molecule has 0 aliphatic carbocycles. The highest BCUT2D eigenvalue weighted by Gasteiger charge is 2.38. The van der Waals surface area contributed by atoms with Gasteiger partial charge in [0.2, 0.25) is 0 Å². The van der Waals surface area contributed by atoms with Crippen LogP contribution in [0.3, 0.4) is 0 Å². The summed E-state index contributed by atoms with van der Waals surface area (Å²) in [6, 6.07) is 0. The van der Waals surface area contributed by atoms with Crippen molar-refractivity contribution in [3.63, 3.8) is 0 Å². The van der Waals surface area contributed by atoms with Gasteiger partial charge < -0.3 is 10.2 Å². The molecule has 3 nitrogen and oxygen atoms in total. The van der Waals surface area contributed by atoms with Gasteiger partial charge in [-0.15, -0.1) is 11.3 Å². The third-order valence-corrected chi connectivity index (χ3v) is 5.56. The Labute approximate surface area is 127 Å². The summed E-state index contributed by atoms with van der Waals surface area (Å²) in [6.45, 7) is 15.7. The normalized spacial score (nSPS) is 19.7. The third kappa shape index (κ3) is 3.41. The molecular weight excluding hydrogens is 266 g/mol. The van der Waals surface area contributed by atoms with Crippen LogP contribution in [0.25, 0.3) is 0 Å². The van der Waals surface area contributed by atoms with Crippen LogP contribution in [0.1, 0.15) is 49.2 Å². The van der Waals surface area contributed by atoms with Crippen LogP contribution in [-0.2, 0) is 5.54 Å². The number of aryl methyl sites for hydroxylation is 2. The Morgan fingerprint density at radius 3 is 2.40 bits per heavy atom. The Morgan fingerprint density at radius 1 is 1.30 bits per heavy atom. The van der Waals surface area contributed by atoms with Crippen molar-refractivity contribution in [3.05, 3.63) is 15.6 Å². The highest BCUT2D eigenvalue weighted by Crippen LogP contribution is 2.36. The van der Waals surface area contributed by atoms with E-state index in [0.717, 1.165) is 12.5 Å². The van der Waals surface area contributed by atoms with E-state index in [9.17, 15) is 0 Å². The molecule has 0 saturated carbocycles. The Balaban J connectivity index is 2.12. The minimum atomic E-state index is 0.117. The van der Waals surface area contributed by atoms with Crippen molar-refractivity contribution < 1.29 is 0 Å². The molecule has 0 aromatic carbocycles. The molecule has 1 N–H and O–H groups in total. The SMILES string of the molecule is CCNC1(c2nc(C)c(C)s2)CCN(CC(C)C)CC1. The van der Waals surface area contributed by atoms with Gasteiger partial charge in [0.15, 0.2) is 0 Å². The molecule has 0 unspecified atom stereocenters. The van der Waals surface area contributed by atoms with E-state index in [0.29, 0.717) is 0 Å². The molecule has 2 heterocycles. The predicted octanol–water partition coefficient (Wildman–Crippen LogP) is 3.32. The van der Waals surface area contributed by atoms with Crippen molar-refractivity contribution in [2.24, 2.45) is 5.92 Å². The molecule has 1 aliphatic rings. The zero-order chi connectivity index (χ0) is 14.8. The van der Waals surface area contributed by atoms with Crippen molar-refractivity contribution in [2.45, 2.75) is 53.0 Å². The van der Waals surface area contributed by atoms with Crippen LogP contribution in [-0.4, -0.2) is 36.1 Å². The fourth-order valence-electron chi connectivity index (χ4n) is 3.12. The van der Waals surface area contributed by atoms with Crippen LogP contribution < -0.4 is 5.32 Å². The molecule has 0 atom stereocenters. The minimum absolute atomic E-state index is 0.117. The lowest BCUT2D eigenvalue weighted by Gasteiger charge is -2.41. The van der Waals surface area contributed by atoms with Crippen molar-refractivity contribution in [3.8, 4) is 0 Å². The van der Waals surface area contributed by atoms with E-state index >= 15 is 0 Å². The van der Waals surface area contributed by atoms with E-state index in [1.165, 1.54) is 48.1 Å². The Hall–Kier alpha value is -0.450. The molecular formula is C16H29N3S. The number of hydrogen-bond acceptors (Lipinski definition) is 4. The summed E-state index contributed by atoms with van der Waals surface area (Å²) in [7, 11) is 0. The average Bonchev–Trinajstić information content (AvgIpc) is 2.72. The lowest BCUT2D eigenvalue weighted by molar-refractivity contribution is 0.124. The van der Waals surface area contributed by atoms with Crippen LogP contribution in [0.4, 0.5) is 0 Å². The quantitative estimate of drug-likeness (QED) is 0.903. The van der Waals surface area contributed by atoms with Crippen molar-refractivity contribution in [1.82, 2.24) is 15.2 Å². The topological polar surface area (TPSA) is 28.2 Å². The molecule has 0 spiro atoms. The number of likely N-dealkylation sites (tertiary alicyclic amines) is 1. The van der Waals surface area contributed by atoms with Gasteiger partial charge in [0.25, 0.3) is 0 Å². The third-order valence-electron chi connectivity index (χ3n) is 4.29. The summed E-state index contributed by atoms with van der Waals surface area (Å²) in [5.41, 5.74) is 1.32. The second-order valence-corrected chi connectivity index (χ2v) is 7.67. The molecule has 0 radical (unpaired) electrons. The maximum Gasteiger partial charge on any atom is 0.113 e. The number of nitrogens with zero attached hydrogens (tertiary/aromatic N) is 2. The first-order chi connectivity index (χ1) is 9.47. The lowest BCUT2D eigenvalue weighted by Crippen LogP contribution is -2.51. The van der Waals surface area contributed by atoms with E-state index in [2.05, 4.69) is 44.8 Å². The maximum absolute atomic E-state index is 4.85. The molecule has 114 valence electrons. The molecule has 1 aliphatic heterocycles. The van der Waals surface area contributed by atoms with Gasteiger partial charge in [-0.05, 0) is 39.2 Å². The number of aromatic nitrogens is 1. The van der Waals surface area contributed by atoms with Gasteiger partial charge >= 0.3 is 0 Å². The molecule has 0 bridgehead atoms. The smallest absolute Gasteiger partial charge is 0.113 e. The molecule has 20 heavy (non-hydrogen) atoms. The molecule has 0 amide bonds. The van der Waals surface area contributed by atoms with Crippen LogP contribution in [0, 0.1) is 19.8 Å². The van der Waals surface area contributed by atoms with E-state index in [4.69, 9.17) is 4.98 Å². The zero-order valence-electron chi connectivity index (χ0n) is 13.6. The van der Waals surface area contributed by atoms with E-state index in [-0.39, 0.29) is 5.54 Å². The molecule has 2 rings (SSSR count). The first-order valence-corrected chi connectivity index (χ1v) is 8.70. The first-order valence-electron chi connectivity index (χ1n) is 7.88. The summed E-state index contributed by atoms with van der Waals surface area (Å²) in [5, 5.41) is 5.05. The Bertz CT molecular complexity index is 411. The summed E-state index contributed by atoms with van der Waals surface area (Å²) >= 11 is 1.88. The van der Waals surface area contributed by atoms with Crippen LogP contribution in [0.15, 0.2) is 0 Å². The molecule has 1 fully saturated rings. The van der Waals surface area contributed by atoms with Gasteiger partial charge in [-0.2, -0.15) is 0 Å². The maximum atomic E-state index is 4.85. The predicted molar refractivity (Wildman–Crippen MR) is 87.5 cm³/mol. The van der Waals surface area contributed by atoms with Gasteiger partial charge in [0.1, 0.15) is 5.01 Å². The number of rotatable bonds is 5. The highest BCUT2D eigenvalue weighted by atomic mass is 32.1.